The fraction of sp³-hybridized carbons (Fsp3) is 0.429. The van der Waals surface area contributed by atoms with Gasteiger partial charge in [0.1, 0.15) is 6.04 Å². The fourth-order valence-electron chi connectivity index (χ4n) is 1.80. The van der Waals surface area contributed by atoms with Crippen molar-refractivity contribution in [1.29, 1.82) is 0 Å². The molecule has 2 amide bonds. The lowest BCUT2D eigenvalue weighted by Gasteiger charge is -2.19. The molecule has 0 fully saturated rings. The number of hydrogen-bond donors (Lipinski definition) is 3. The Kier molecular flexibility index (Phi) is 6.42. The summed E-state index contributed by atoms with van der Waals surface area (Å²) in [6.07, 6.45) is 0.756. The lowest BCUT2D eigenvalue weighted by molar-refractivity contribution is -0.127. The number of carbonyl (C=O) groups excluding carboxylic acids is 2. The molecule has 1 aromatic rings. The summed E-state index contributed by atoms with van der Waals surface area (Å²) in [7, 11) is 0. The van der Waals surface area contributed by atoms with Gasteiger partial charge in [0.15, 0.2) is 0 Å². The largest absolute Gasteiger partial charge is 0.352 e. The molecule has 19 heavy (non-hydrogen) atoms. The third-order valence-corrected chi connectivity index (χ3v) is 3.02. The van der Waals surface area contributed by atoms with Crippen LogP contribution in [0.4, 0.5) is 0 Å². The van der Waals surface area contributed by atoms with Gasteiger partial charge in [-0.25, -0.2) is 0 Å². The SMILES string of the molecule is CC(=O)NC(CS)C(=O)NC(C)Cc1ccccc1. The van der Waals surface area contributed by atoms with Gasteiger partial charge in [0.2, 0.25) is 11.8 Å². The van der Waals surface area contributed by atoms with Crippen LogP contribution in [0.25, 0.3) is 0 Å². The van der Waals surface area contributed by atoms with Crippen molar-refractivity contribution >= 4 is 24.4 Å². The highest BCUT2D eigenvalue weighted by Crippen LogP contribution is 2.03. The summed E-state index contributed by atoms with van der Waals surface area (Å²) >= 11 is 4.08. The second kappa shape index (κ2) is 7.84. The van der Waals surface area contributed by atoms with Crippen molar-refractivity contribution in [3.05, 3.63) is 35.9 Å². The molecule has 2 unspecified atom stereocenters. The van der Waals surface area contributed by atoms with Crippen LogP contribution in [0.2, 0.25) is 0 Å². The van der Waals surface area contributed by atoms with Crippen molar-refractivity contribution in [1.82, 2.24) is 10.6 Å². The van der Waals surface area contributed by atoms with E-state index in [-0.39, 0.29) is 23.6 Å². The first-order valence-corrected chi connectivity index (χ1v) is 6.88. The van der Waals surface area contributed by atoms with Gasteiger partial charge in [0.25, 0.3) is 0 Å². The molecule has 0 spiro atoms. The second-order valence-electron chi connectivity index (χ2n) is 4.54. The fourth-order valence-corrected chi connectivity index (χ4v) is 2.06. The van der Waals surface area contributed by atoms with Gasteiger partial charge in [-0.3, -0.25) is 9.59 Å². The zero-order chi connectivity index (χ0) is 14.3. The molecule has 0 bridgehead atoms. The third kappa shape index (κ3) is 5.79. The molecule has 104 valence electrons. The zero-order valence-corrected chi connectivity index (χ0v) is 12.1. The van der Waals surface area contributed by atoms with E-state index in [2.05, 4.69) is 23.3 Å². The van der Waals surface area contributed by atoms with Crippen LogP contribution in [0, 0.1) is 0 Å². The number of thiol groups is 1. The number of benzene rings is 1. The minimum atomic E-state index is -0.584. The van der Waals surface area contributed by atoms with Gasteiger partial charge in [0, 0.05) is 18.7 Å². The van der Waals surface area contributed by atoms with Crippen molar-refractivity contribution in [2.75, 3.05) is 5.75 Å². The monoisotopic (exact) mass is 280 g/mol. The maximum atomic E-state index is 11.9. The molecule has 0 heterocycles. The van der Waals surface area contributed by atoms with Crippen LogP contribution < -0.4 is 10.6 Å². The van der Waals surface area contributed by atoms with Crippen LogP contribution in [-0.4, -0.2) is 29.7 Å². The Morgan fingerprint density at radius 3 is 2.37 bits per heavy atom. The Bertz CT molecular complexity index is 423. The maximum absolute atomic E-state index is 11.9. The van der Waals surface area contributed by atoms with Crippen LogP contribution in [0.15, 0.2) is 30.3 Å². The van der Waals surface area contributed by atoms with E-state index in [1.165, 1.54) is 6.92 Å². The number of rotatable bonds is 6. The van der Waals surface area contributed by atoms with Gasteiger partial charge in [-0.15, -0.1) is 0 Å². The van der Waals surface area contributed by atoms with Crippen molar-refractivity contribution in [2.45, 2.75) is 32.4 Å². The van der Waals surface area contributed by atoms with E-state index in [1.54, 1.807) is 0 Å². The summed E-state index contributed by atoms with van der Waals surface area (Å²) in [5.41, 5.74) is 1.16. The molecule has 0 radical (unpaired) electrons. The molecule has 0 saturated carbocycles. The number of nitrogens with one attached hydrogen (secondary N) is 2. The summed E-state index contributed by atoms with van der Waals surface area (Å²) in [6.45, 7) is 3.32. The summed E-state index contributed by atoms with van der Waals surface area (Å²) in [5.74, 6) is -0.151. The Hall–Kier alpha value is -1.49. The van der Waals surface area contributed by atoms with Crippen LogP contribution in [0.1, 0.15) is 19.4 Å². The molecule has 0 aliphatic heterocycles. The molecule has 1 rings (SSSR count). The van der Waals surface area contributed by atoms with Crippen molar-refractivity contribution in [2.24, 2.45) is 0 Å². The highest BCUT2D eigenvalue weighted by atomic mass is 32.1. The lowest BCUT2D eigenvalue weighted by Crippen LogP contribution is -2.50. The minimum absolute atomic E-state index is 0.00559. The molecule has 5 heteroatoms. The average Bonchev–Trinajstić information content (AvgIpc) is 2.36. The quantitative estimate of drug-likeness (QED) is 0.685. The molecule has 4 nitrogen and oxygen atoms in total. The third-order valence-electron chi connectivity index (χ3n) is 2.65. The highest BCUT2D eigenvalue weighted by Gasteiger charge is 2.19. The maximum Gasteiger partial charge on any atom is 0.243 e. The second-order valence-corrected chi connectivity index (χ2v) is 4.90. The standard InChI is InChI=1S/C14H20N2O2S/c1-10(8-12-6-4-3-5-7-12)15-14(18)13(9-19)16-11(2)17/h3-7,10,13,19H,8-9H2,1-2H3,(H,15,18)(H,16,17). The molecule has 1 aromatic carbocycles. The first-order valence-electron chi connectivity index (χ1n) is 6.25. The molecular weight excluding hydrogens is 260 g/mol. The van der Waals surface area contributed by atoms with E-state index in [0.717, 1.165) is 12.0 Å². The highest BCUT2D eigenvalue weighted by molar-refractivity contribution is 7.80. The first kappa shape index (κ1) is 15.6. The molecule has 0 aromatic heterocycles. The summed E-state index contributed by atoms with van der Waals surface area (Å²) in [6, 6.07) is 9.36. The molecular formula is C14H20N2O2S. The Morgan fingerprint density at radius 1 is 1.21 bits per heavy atom. The Labute approximate surface area is 119 Å². The van der Waals surface area contributed by atoms with Gasteiger partial charge in [-0.05, 0) is 18.9 Å². The molecule has 0 aliphatic carbocycles. The van der Waals surface area contributed by atoms with E-state index >= 15 is 0 Å². The molecule has 0 saturated heterocycles. The number of hydrogen-bond acceptors (Lipinski definition) is 3. The van der Waals surface area contributed by atoms with E-state index in [9.17, 15) is 9.59 Å². The van der Waals surface area contributed by atoms with Crippen molar-refractivity contribution in [3.63, 3.8) is 0 Å². The van der Waals surface area contributed by atoms with Crippen molar-refractivity contribution < 1.29 is 9.59 Å². The number of carbonyl (C=O) groups is 2. The molecule has 2 N–H and O–H groups in total. The van der Waals surface area contributed by atoms with Gasteiger partial charge >= 0.3 is 0 Å². The predicted octanol–water partition coefficient (Wildman–Crippen LogP) is 1.17. The summed E-state index contributed by atoms with van der Waals surface area (Å²) in [5, 5.41) is 5.45. The zero-order valence-electron chi connectivity index (χ0n) is 11.2. The summed E-state index contributed by atoms with van der Waals surface area (Å²) < 4.78 is 0. The Balaban J connectivity index is 2.49. The van der Waals surface area contributed by atoms with Gasteiger partial charge in [-0.1, -0.05) is 30.3 Å². The molecule has 0 aliphatic rings. The first-order chi connectivity index (χ1) is 9.02. The van der Waals surface area contributed by atoms with Crippen LogP contribution in [-0.2, 0) is 16.0 Å². The normalized spacial score (nSPS) is 13.4. The van der Waals surface area contributed by atoms with Crippen LogP contribution >= 0.6 is 12.6 Å². The van der Waals surface area contributed by atoms with E-state index < -0.39 is 6.04 Å². The molecule has 2 atom stereocenters. The predicted molar refractivity (Wildman–Crippen MR) is 79.2 cm³/mol. The van der Waals surface area contributed by atoms with Gasteiger partial charge in [-0.2, -0.15) is 12.6 Å². The van der Waals surface area contributed by atoms with E-state index in [0.29, 0.717) is 0 Å². The average molecular weight is 280 g/mol. The van der Waals surface area contributed by atoms with Crippen LogP contribution in [0.5, 0.6) is 0 Å². The van der Waals surface area contributed by atoms with Crippen molar-refractivity contribution in [3.8, 4) is 0 Å². The lowest BCUT2D eigenvalue weighted by atomic mass is 10.1. The topological polar surface area (TPSA) is 58.2 Å². The smallest absolute Gasteiger partial charge is 0.243 e. The number of amides is 2. The summed E-state index contributed by atoms with van der Waals surface area (Å²) in [4.78, 5) is 22.9. The van der Waals surface area contributed by atoms with Gasteiger partial charge in [0.05, 0.1) is 0 Å². The van der Waals surface area contributed by atoms with E-state index in [1.807, 2.05) is 37.3 Å². The van der Waals surface area contributed by atoms with Gasteiger partial charge < -0.3 is 10.6 Å². The van der Waals surface area contributed by atoms with E-state index in [4.69, 9.17) is 0 Å². The Morgan fingerprint density at radius 2 is 1.84 bits per heavy atom. The van der Waals surface area contributed by atoms with Crippen LogP contribution in [0.3, 0.4) is 0 Å². The minimum Gasteiger partial charge on any atom is -0.352 e.